The summed E-state index contributed by atoms with van der Waals surface area (Å²) in [6, 6.07) is 16.9. The molecule has 38 heavy (non-hydrogen) atoms. The van der Waals surface area contributed by atoms with E-state index in [-0.39, 0.29) is 23.8 Å². The second-order valence-electron chi connectivity index (χ2n) is 11.8. The van der Waals surface area contributed by atoms with Crippen molar-refractivity contribution in [3.8, 4) is 0 Å². The van der Waals surface area contributed by atoms with Crippen LogP contribution < -0.4 is 0 Å². The monoisotopic (exact) mass is 516 g/mol. The van der Waals surface area contributed by atoms with Gasteiger partial charge in [-0.3, -0.25) is 9.59 Å². The van der Waals surface area contributed by atoms with Gasteiger partial charge in [0.05, 0.1) is 12.5 Å². The summed E-state index contributed by atoms with van der Waals surface area (Å²) in [5.74, 6) is -1.17. The van der Waals surface area contributed by atoms with Gasteiger partial charge in [-0.25, -0.2) is 0 Å². The molecule has 2 bridgehead atoms. The molecule has 0 radical (unpaired) electrons. The number of cyclic esters (lactones) is 1. The number of methoxy groups -OCH3 is 1. The minimum absolute atomic E-state index is 0.0906. The summed E-state index contributed by atoms with van der Waals surface area (Å²) < 4.78 is 11.5. The smallest absolute Gasteiger partial charge is 0.314 e. The number of esters is 2. The minimum atomic E-state index is -0.900. The zero-order valence-electron chi connectivity index (χ0n) is 23.3. The number of carbonyl (C=O) groups is 2. The first-order valence-electron chi connectivity index (χ1n) is 15.1. The van der Waals surface area contributed by atoms with Gasteiger partial charge in [0.25, 0.3) is 0 Å². The van der Waals surface area contributed by atoms with Gasteiger partial charge in [-0.15, -0.1) is 0 Å². The van der Waals surface area contributed by atoms with E-state index in [1.807, 2.05) is 12.1 Å². The summed E-state index contributed by atoms with van der Waals surface area (Å²) in [5.41, 5.74) is 4.01. The van der Waals surface area contributed by atoms with Gasteiger partial charge >= 0.3 is 11.9 Å². The van der Waals surface area contributed by atoms with E-state index in [0.717, 1.165) is 19.3 Å². The topological polar surface area (TPSA) is 52.6 Å². The summed E-state index contributed by atoms with van der Waals surface area (Å²) >= 11 is 0. The maximum Gasteiger partial charge on any atom is 0.314 e. The van der Waals surface area contributed by atoms with Crippen LogP contribution in [0.3, 0.4) is 0 Å². The molecule has 1 aliphatic heterocycles. The third-order valence-electron chi connectivity index (χ3n) is 9.53. The van der Waals surface area contributed by atoms with Gasteiger partial charge in [0.1, 0.15) is 12.0 Å². The Morgan fingerprint density at radius 1 is 0.816 bits per heavy atom. The first kappa shape index (κ1) is 27.0. The van der Waals surface area contributed by atoms with Gasteiger partial charge < -0.3 is 9.47 Å². The molecule has 1 fully saturated rings. The van der Waals surface area contributed by atoms with Crippen LogP contribution in [0.2, 0.25) is 0 Å². The zero-order chi connectivity index (χ0) is 26.5. The van der Waals surface area contributed by atoms with Gasteiger partial charge in [-0.2, -0.15) is 0 Å². The molecule has 3 aliphatic carbocycles. The van der Waals surface area contributed by atoms with E-state index in [4.69, 9.17) is 9.47 Å². The fourth-order valence-corrected chi connectivity index (χ4v) is 7.75. The Labute approximate surface area is 228 Å². The standard InChI is InChI=1S/C34H44O4/c1-3-4-5-6-7-8-9-10-11-12-13-22-29-31(32(35)37-2)34(33(36)38-29)23-28-24-18-14-16-20-26(24)30(34)27-21-17-15-19-25(27)28/h14-21,28-31H,3-13,22-23H2,1-2H3/t28?,29-,30?,31+,34-/m0/s1. The molecule has 1 spiro atoms. The highest BCUT2D eigenvalue weighted by molar-refractivity contribution is 5.92. The van der Waals surface area contributed by atoms with Crippen LogP contribution in [0.15, 0.2) is 48.5 Å². The molecule has 4 heteroatoms. The van der Waals surface area contributed by atoms with E-state index in [1.165, 1.54) is 87.2 Å². The Bertz CT molecular complexity index is 1080. The highest BCUT2D eigenvalue weighted by atomic mass is 16.6. The maximum absolute atomic E-state index is 13.9. The Kier molecular flexibility index (Phi) is 8.55. The lowest BCUT2D eigenvalue weighted by molar-refractivity contribution is -0.155. The first-order chi connectivity index (χ1) is 18.6. The van der Waals surface area contributed by atoms with Crippen LogP contribution in [0.1, 0.15) is 124 Å². The fraction of sp³-hybridized carbons (Fsp3) is 0.588. The van der Waals surface area contributed by atoms with Crippen molar-refractivity contribution in [3.05, 3.63) is 70.8 Å². The number of hydrogen-bond acceptors (Lipinski definition) is 4. The molecular formula is C34H44O4. The predicted octanol–water partition coefficient (Wildman–Crippen LogP) is 8.07. The summed E-state index contributed by atoms with van der Waals surface area (Å²) in [6.07, 6.45) is 14.9. The van der Waals surface area contributed by atoms with E-state index in [0.29, 0.717) is 6.42 Å². The van der Waals surface area contributed by atoms with Crippen LogP contribution in [-0.4, -0.2) is 25.2 Å². The van der Waals surface area contributed by atoms with Crippen molar-refractivity contribution >= 4 is 11.9 Å². The quantitative estimate of drug-likeness (QED) is 0.199. The number of ether oxygens (including phenoxy) is 2. The molecule has 0 unspecified atom stereocenters. The third-order valence-corrected chi connectivity index (χ3v) is 9.53. The molecule has 0 N–H and O–H groups in total. The second kappa shape index (κ2) is 12.1. The minimum Gasteiger partial charge on any atom is -0.469 e. The van der Waals surface area contributed by atoms with Gasteiger partial charge in [-0.05, 0) is 41.5 Å². The van der Waals surface area contributed by atoms with Crippen LogP contribution >= 0.6 is 0 Å². The predicted molar refractivity (Wildman–Crippen MR) is 150 cm³/mol. The Morgan fingerprint density at radius 3 is 1.84 bits per heavy atom. The van der Waals surface area contributed by atoms with Crippen LogP contribution in [-0.2, 0) is 19.1 Å². The Balaban J connectivity index is 1.27. The van der Waals surface area contributed by atoms with Gasteiger partial charge in [0.15, 0.2) is 0 Å². The van der Waals surface area contributed by atoms with Crippen LogP contribution in [0.25, 0.3) is 0 Å². The molecule has 4 aliphatic rings. The Hall–Kier alpha value is -2.62. The fourth-order valence-electron chi connectivity index (χ4n) is 7.75. The van der Waals surface area contributed by atoms with Crippen LogP contribution in [0, 0.1) is 11.3 Å². The van der Waals surface area contributed by atoms with Crippen molar-refractivity contribution in [1.29, 1.82) is 0 Å². The van der Waals surface area contributed by atoms with E-state index in [2.05, 4.69) is 43.3 Å². The van der Waals surface area contributed by atoms with Gasteiger partial charge in [0, 0.05) is 11.8 Å². The molecule has 4 nitrogen and oxygen atoms in total. The SMILES string of the molecule is CCCCCCCCCCCCC[C@@H]1OC(=O)[C@]2(CC3c4ccccc4C2c2ccccc23)[C@H]1C(=O)OC. The first-order valence-corrected chi connectivity index (χ1v) is 15.1. The third kappa shape index (κ3) is 4.80. The van der Waals surface area contributed by atoms with Crippen LogP contribution in [0.5, 0.6) is 0 Å². The molecule has 1 saturated heterocycles. The molecule has 2 aromatic rings. The molecule has 0 amide bonds. The van der Waals surface area contributed by atoms with Crippen molar-refractivity contribution in [1.82, 2.24) is 0 Å². The largest absolute Gasteiger partial charge is 0.469 e. The van der Waals surface area contributed by atoms with Crippen molar-refractivity contribution in [2.24, 2.45) is 11.3 Å². The van der Waals surface area contributed by atoms with E-state index < -0.39 is 17.4 Å². The normalized spacial score (nSPS) is 26.7. The number of unbranched alkanes of at least 4 members (excludes halogenated alkanes) is 10. The number of rotatable bonds is 13. The number of hydrogen-bond donors (Lipinski definition) is 0. The summed E-state index contributed by atoms with van der Waals surface area (Å²) in [6.45, 7) is 2.26. The lowest BCUT2D eigenvalue weighted by atomic mass is 9.48. The van der Waals surface area contributed by atoms with Crippen molar-refractivity contribution in [2.45, 2.75) is 108 Å². The molecule has 204 valence electrons. The molecule has 6 rings (SSSR count). The number of carbonyl (C=O) groups excluding carboxylic acids is 2. The average molecular weight is 517 g/mol. The van der Waals surface area contributed by atoms with Gasteiger partial charge in [0.2, 0.25) is 0 Å². The molecule has 2 aromatic carbocycles. The Morgan fingerprint density at radius 2 is 1.32 bits per heavy atom. The van der Waals surface area contributed by atoms with Crippen LogP contribution in [0.4, 0.5) is 0 Å². The molecule has 1 heterocycles. The lowest BCUT2D eigenvalue weighted by Gasteiger charge is -2.51. The molecule has 3 atom stereocenters. The summed E-state index contributed by atoms with van der Waals surface area (Å²) in [5, 5.41) is 0. The van der Waals surface area contributed by atoms with Gasteiger partial charge in [-0.1, -0.05) is 120 Å². The zero-order valence-corrected chi connectivity index (χ0v) is 23.3. The summed E-state index contributed by atoms with van der Waals surface area (Å²) in [7, 11) is 1.45. The number of benzene rings is 2. The highest BCUT2D eigenvalue weighted by Crippen LogP contribution is 2.66. The van der Waals surface area contributed by atoms with Crippen molar-refractivity contribution in [2.75, 3.05) is 7.11 Å². The average Bonchev–Trinajstić information content (AvgIpc) is 3.21. The van der Waals surface area contributed by atoms with E-state index in [1.54, 1.807) is 0 Å². The lowest BCUT2D eigenvalue weighted by Crippen LogP contribution is -2.51. The van der Waals surface area contributed by atoms with Crippen molar-refractivity contribution in [3.63, 3.8) is 0 Å². The maximum atomic E-state index is 13.9. The second-order valence-corrected chi connectivity index (χ2v) is 11.8. The molecule has 0 saturated carbocycles. The van der Waals surface area contributed by atoms with E-state index in [9.17, 15) is 9.59 Å². The van der Waals surface area contributed by atoms with E-state index >= 15 is 0 Å². The highest BCUT2D eigenvalue weighted by Gasteiger charge is 2.69. The molecule has 0 aromatic heterocycles. The molecular weight excluding hydrogens is 472 g/mol. The van der Waals surface area contributed by atoms with Crippen molar-refractivity contribution < 1.29 is 19.1 Å². The summed E-state index contributed by atoms with van der Waals surface area (Å²) in [4.78, 5) is 27.3.